The summed E-state index contributed by atoms with van der Waals surface area (Å²) in [5.41, 5.74) is 14.4. The molecule has 2 aromatic rings. The largest absolute Gasteiger partial charge is 0.397 e. The quantitative estimate of drug-likeness (QED) is 0.0858. The maximum absolute atomic E-state index is 6.41. The minimum atomic E-state index is 0.579. The van der Waals surface area contributed by atoms with Crippen molar-refractivity contribution in [1.82, 2.24) is 4.90 Å². The first kappa shape index (κ1) is 36.2. The van der Waals surface area contributed by atoms with Crippen molar-refractivity contribution in [3.8, 4) is 0 Å². The monoisotopic (exact) mass is 586 g/mol. The smallest absolute Gasteiger partial charge is 0.0724 e. The molecule has 0 aliphatic carbocycles. The van der Waals surface area contributed by atoms with Crippen LogP contribution in [-0.4, -0.2) is 36.6 Å². The minimum absolute atomic E-state index is 0.579. The molecule has 1 aliphatic heterocycles. The molecule has 0 spiro atoms. The van der Waals surface area contributed by atoms with E-state index >= 15 is 0 Å². The van der Waals surface area contributed by atoms with Gasteiger partial charge in [0.15, 0.2) is 0 Å². The van der Waals surface area contributed by atoms with Gasteiger partial charge in [-0.1, -0.05) is 94.5 Å². The molecule has 0 unspecified atom stereocenters. The zero-order valence-corrected chi connectivity index (χ0v) is 27.3. The van der Waals surface area contributed by atoms with Crippen LogP contribution in [0.15, 0.2) is 98.9 Å². The summed E-state index contributed by atoms with van der Waals surface area (Å²) >= 11 is 1.20. The van der Waals surface area contributed by atoms with Gasteiger partial charge in [-0.25, -0.2) is 4.40 Å². The fraction of sp³-hybridized carbons (Fsp3) is 0.343. The fourth-order valence-corrected chi connectivity index (χ4v) is 4.51. The maximum atomic E-state index is 6.41. The highest BCUT2D eigenvalue weighted by Crippen LogP contribution is 2.26. The van der Waals surface area contributed by atoms with Crippen molar-refractivity contribution in [2.75, 3.05) is 13.1 Å². The van der Waals surface area contributed by atoms with Crippen LogP contribution in [0.5, 0.6) is 0 Å². The topological polar surface area (TPSA) is 92.4 Å². The molecule has 0 amide bonds. The van der Waals surface area contributed by atoms with Gasteiger partial charge in [0.25, 0.3) is 0 Å². The zero-order valence-electron chi connectivity index (χ0n) is 26.4. The minimum Gasteiger partial charge on any atom is -0.397 e. The molecule has 2 aromatic carbocycles. The van der Waals surface area contributed by atoms with Gasteiger partial charge in [0.05, 0.1) is 28.7 Å². The summed E-state index contributed by atoms with van der Waals surface area (Å²) < 4.78 is 4.23. The van der Waals surface area contributed by atoms with E-state index in [2.05, 4.69) is 78.1 Å². The van der Waals surface area contributed by atoms with E-state index in [1.807, 2.05) is 51.1 Å². The van der Waals surface area contributed by atoms with Crippen molar-refractivity contribution in [3.63, 3.8) is 0 Å². The lowest BCUT2D eigenvalue weighted by Gasteiger charge is -2.40. The summed E-state index contributed by atoms with van der Waals surface area (Å²) in [6.45, 7) is 27.2. The van der Waals surface area contributed by atoms with E-state index in [1.54, 1.807) is 6.21 Å². The van der Waals surface area contributed by atoms with Crippen molar-refractivity contribution < 1.29 is 0 Å². The van der Waals surface area contributed by atoms with Gasteiger partial charge >= 0.3 is 0 Å². The molecule has 1 heterocycles. The lowest BCUT2D eigenvalue weighted by atomic mass is 9.97. The summed E-state index contributed by atoms with van der Waals surface area (Å²) in [5.74, 6) is 6.01. The van der Waals surface area contributed by atoms with Crippen LogP contribution >= 0.6 is 11.9 Å². The molecule has 0 atom stereocenters. The first-order valence-electron chi connectivity index (χ1n) is 14.5. The van der Waals surface area contributed by atoms with E-state index in [0.29, 0.717) is 16.3 Å². The van der Waals surface area contributed by atoms with Gasteiger partial charge in [-0.2, -0.15) is 5.10 Å². The van der Waals surface area contributed by atoms with Gasteiger partial charge in [0.2, 0.25) is 0 Å². The lowest BCUT2D eigenvalue weighted by molar-refractivity contribution is 0.154. The van der Waals surface area contributed by atoms with Crippen LogP contribution in [0, 0.1) is 12.8 Å². The summed E-state index contributed by atoms with van der Waals surface area (Å²) in [6, 6.07) is 16.1. The Bertz CT molecular complexity index is 1270. The molecule has 1 aliphatic rings. The van der Waals surface area contributed by atoms with Crippen LogP contribution in [-0.2, 0) is 6.42 Å². The van der Waals surface area contributed by atoms with Crippen LogP contribution in [0.3, 0.4) is 0 Å². The van der Waals surface area contributed by atoms with Crippen molar-refractivity contribution in [2.24, 2.45) is 32.0 Å². The van der Waals surface area contributed by atoms with Gasteiger partial charge in [-0.05, 0) is 56.2 Å². The Morgan fingerprint density at radius 1 is 1.07 bits per heavy atom. The first-order chi connectivity index (χ1) is 20.2. The average Bonchev–Trinajstić information content (AvgIpc) is 2.99. The van der Waals surface area contributed by atoms with Gasteiger partial charge < -0.3 is 16.5 Å². The van der Waals surface area contributed by atoms with Gasteiger partial charge in [0, 0.05) is 42.5 Å². The number of aliphatic imine (C=N–C) groups is 1. The molecule has 42 heavy (non-hydrogen) atoms. The van der Waals surface area contributed by atoms with Gasteiger partial charge in [-0.3, -0.25) is 4.99 Å². The number of allylic oxidation sites excluding steroid dienone is 3. The highest BCUT2D eigenvalue weighted by Gasteiger charge is 2.21. The highest BCUT2D eigenvalue weighted by molar-refractivity contribution is 8.03. The van der Waals surface area contributed by atoms with Crippen LogP contribution in [0.25, 0.3) is 11.4 Å². The predicted molar refractivity (Wildman–Crippen MR) is 190 cm³/mol. The fourth-order valence-electron chi connectivity index (χ4n) is 3.97. The molecule has 1 fully saturated rings. The first-order valence-corrected chi connectivity index (χ1v) is 15.3. The summed E-state index contributed by atoms with van der Waals surface area (Å²) in [4.78, 5) is 7.69. The number of rotatable bonds is 12. The van der Waals surface area contributed by atoms with Crippen LogP contribution in [0.4, 0.5) is 0 Å². The third kappa shape index (κ3) is 12.8. The van der Waals surface area contributed by atoms with E-state index in [9.17, 15) is 0 Å². The number of hydrogen-bond acceptors (Lipinski definition) is 7. The van der Waals surface area contributed by atoms with Crippen LogP contribution < -0.4 is 11.6 Å². The molecule has 0 radical (unpaired) electrons. The Hall–Kier alpha value is -3.84. The number of aryl methyl sites for hydroxylation is 2. The average molecular weight is 587 g/mol. The molecule has 3 rings (SSSR count). The Morgan fingerprint density at radius 2 is 1.74 bits per heavy atom. The second-order valence-corrected chi connectivity index (χ2v) is 10.9. The number of benzene rings is 2. The Labute approximate surface area is 258 Å². The van der Waals surface area contributed by atoms with E-state index in [-0.39, 0.29) is 0 Å². The highest BCUT2D eigenvalue weighted by atomic mass is 32.2. The molecule has 0 aromatic heterocycles. The number of nitrogens with two attached hydrogens (primary N) is 2. The van der Waals surface area contributed by atoms with Crippen molar-refractivity contribution in [3.05, 3.63) is 107 Å². The summed E-state index contributed by atoms with van der Waals surface area (Å²) in [5, 5.41) is 3.41. The molecule has 1 saturated heterocycles. The SMILES string of the molecule is C=C(C)CCc1ccc(C)cc1C(=C)N=C/C(S/N=C/C=N\N)=C(\N)c1ccccc1.C=C(CC)N1CC(C)C1.CC. The molecule has 4 N–H and O–H groups in total. The number of hydrazone groups is 1. The number of hydrogen-bond donors (Lipinski definition) is 2. The number of nitrogens with zero attached hydrogens (tertiary/aromatic N) is 4. The van der Waals surface area contributed by atoms with E-state index in [1.165, 1.54) is 48.7 Å². The Balaban J connectivity index is 0.000000673. The maximum Gasteiger partial charge on any atom is 0.0724 e. The van der Waals surface area contributed by atoms with E-state index in [0.717, 1.165) is 47.4 Å². The summed E-state index contributed by atoms with van der Waals surface area (Å²) in [6.07, 6.45) is 7.53. The van der Waals surface area contributed by atoms with Crippen LogP contribution in [0.1, 0.15) is 69.7 Å². The lowest BCUT2D eigenvalue weighted by Crippen LogP contribution is -2.43. The van der Waals surface area contributed by atoms with E-state index < -0.39 is 0 Å². The molecule has 6 nitrogen and oxygen atoms in total. The van der Waals surface area contributed by atoms with Gasteiger partial charge in [-0.15, -0.1) is 6.58 Å². The molecular formula is C35H50N6S. The summed E-state index contributed by atoms with van der Waals surface area (Å²) in [7, 11) is 0. The number of likely N-dealkylation sites (tertiary alicyclic amines) is 1. The molecule has 0 saturated carbocycles. The van der Waals surface area contributed by atoms with Crippen LogP contribution in [0.2, 0.25) is 0 Å². The standard InChI is InChI=1S/C25H29N5S.C8H15N.C2H6/c1-18(2)10-12-21-13-11-19(3)16-23(21)20(4)28-17-24(31-30-15-14-29-27)25(26)22-8-6-5-7-9-22;1-4-8(3)9-5-7(2)6-9;1-2/h5-9,11,13-17H,1,4,10,12,26-27H2,2-3H3;7H,3-6H2,1-2H3;1-2H3/b25-24+,28-17?,29-14-,30-15+;;. The second kappa shape index (κ2) is 20.1. The normalized spacial score (nSPS) is 13.6. The van der Waals surface area contributed by atoms with E-state index in [4.69, 9.17) is 11.6 Å². The molecular weight excluding hydrogens is 536 g/mol. The van der Waals surface area contributed by atoms with Crippen molar-refractivity contribution in [1.29, 1.82) is 0 Å². The van der Waals surface area contributed by atoms with Gasteiger partial charge in [0.1, 0.15) is 0 Å². The molecule has 226 valence electrons. The Kier molecular flexibility index (Phi) is 17.3. The molecule has 7 heteroatoms. The third-order valence-electron chi connectivity index (χ3n) is 6.37. The molecule has 0 bridgehead atoms. The predicted octanol–water partition coefficient (Wildman–Crippen LogP) is 8.42. The third-order valence-corrected chi connectivity index (χ3v) is 7.12. The van der Waals surface area contributed by atoms with Crippen molar-refractivity contribution in [2.45, 2.75) is 60.8 Å². The second-order valence-electron chi connectivity index (χ2n) is 10.0. The van der Waals surface area contributed by atoms with Crippen molar-refractivity contribution >= 4 is 42.0 Å². The zero-order chi connectivity index (χ0) is 31.5. The Morgan fingerprint density at radius 3 is 2.31 bits per heavy atom.